The number of anilines is 1. The second-order valence-electron chi connectivity index (χ2n) is 6.48. The summed E-state index contributed by atoms with van der Waals surface area (Å²) in [7, 11) is 4.78. The van der Waals surface area contributed by atoms with Crippen molar-refractivity contribution in [1.29, 1.82) is 0 Å². The summed E-state index contributed by atoms with van der Waals surface area (Å²) in [5.41, 5.74) is 2.84. The molecule has 3 aromatic rings. The van der Waals surface area contributed by atoms with Crippen LogP contribution in [0, 0.1) is 0 Å². The van der Waals surface area contributed by atoms with Crippen LogP contribution in [0.15, 0.2) is 48.5 Å². The summed E-state index contributed by atoms with van der Waals surface area (Å²) in [6.45, 7) is 0. The van der Waals surface area contributed by atoms with E-state index in [1.165, 1.54) is 0 Å². The van der Waals surface area contributed by atoms with E-state index in [0.717, 1.165) is 27.6 Å². The number of fused-ring (bicyclic) bond motifs is 3. The zero-order valence-corrected chi connectivity index (χ0v) is 15.5. The first kappa shape index (κ1) is 17.2. The highest BCUT2D eigenvalue weighted by Crippen LogP contribution is 2.49. The molecule has 1 heterocycles. The standard InChI is InChI=1S/C22H21NO4/c1-25-18-11-9-15(21(26-2)22(18)27-3)16-12-19(24)23-17-10-8-13-6-4-5-7-14(13)20(16)17/h4-11,16H,12H2,1-3H3,(H,23,24). The fourth-order valence-corrected chi connectivity index (χ4v) is 3.93. The molecule has 1 atom stereocenters. The summed E-state index contributed by atoms with van der Waals surface area (Å²) in [5, 5.41) is 5.26. The number of carbonyl (C=O) groups is 1. The molecule has 5 heteroatoms. The van der Waals surface area contributed by atoms with Crippen molar-refractivity contribution in [3.8, 4) is 17.2 Å². The highest BCUT2D eigenvalue weighted by atomic mass is 16.5. The average Bonchev–Trinajstić information content (AvgIpc) is 2.71. The van der Waals surface area contributed by atoms with E-state index in [4.69, 9.17) is 14.2 Å². The SMILES string of the molecule is COc1ccc(C2CC(=O)Nc3ccc4ccccc4c32)c(OC)c1OC. The molecule has 1 aliphatic heterocycles. The molecule has 138 valence electrons. The van der Waals surface area contributed by atoms with Crippen molar-refractivity contribution in [3.05, 3.63) is 59.7 Å². The molecule has 0 bridgehead atoms. The highest BCUT2D eigenvalue weighted by Gasteiger charge is 2.32. The van der Waals surface area contributed by atoms with Crippen LogP contribution in [0.5, 0.6) is 17.2 Å². The Morgan fingerprint density at radius 2 is 1.67 bits per heavy atom. The van der Waals surface area contributed by atoms with Crippen molar-refractivity contribution >= 4 is 22.4 Å². The van der Waals surface area contributed by atoms with Gasteiger partial charge in [-0.25, -0.2) is 0 Å². The predicted octanol–water partition coefficient (Wildman–Crippen LogP) is 4.34. The Morgan fingerprint density at radius 3 is 2.41 bits per heavy atom. The molecule has 0 aliphatic carbocycles. The monoisotopic (exact) mass is 363 g/mol. The van der Waals surface area contributed by atoms with E-state index in [9.17, 15) is 4.79 Å². The lowest BCUT2D eigenvalue weighted by molar-refractivity contribution is -0.116. The molecule has 5 nitrogen and oxygen atoms in total. The van der Waals surface area contributed by atoms with Crippen LogP contribution in [0.3, 0.4) is 0 Å². The van der Waals surface area contributed by atoms with Crippen LogP contribution in [0.25, 0.3) is 10.8 Å². The number of amides is 1. The Kier molecular flexibility index (Phi) is 4.36. The fraction of sp³-hybridized carbons (Fsp3) is 0.227. The van der Waals surface area contributed by atoms with Gasteiger partial charge in [-0.3, -0.25) is 4.79 Å². The van der Waals surface area contributed by atoms with E-state index in [-0.39, 0.29) is 11.8 Å². The van der Waals surface area contributed by atoms with Gasteiger partial charge in [0.05, 0.1) is 21.3 Å². The first-order chi connectivity index (χ1) is 13.2. The molecular formula is C22H21NO4. The number of benzene rings is 3. The van der Waals surface area contributed by atoms with Gasteiger partial charge in [-0.2, -0.15) is 0 Å². The van der Waals surface area contributed by atoms with Crippen LogP contribution in [-0.4, -0.2) is 27.2 Å². The van der Waals surface area contributed by atoms with Crippen molar-refractivity contribution in [1.82, 2.24) is 0 Å². The summed E-state index contributed by atoms with van der Waals surface area (Å²) < 4.78 is 16.6. The van der Waals surface area contributed by atoms with Gasteiger partial charge < -0.3 is 19.5 Å². The van der Waals surface area contributed by atoms with E-state index in [1.54, 1.807) is 21.3 Å². The number of hydrogen-bond donors (Lipinski definition) is 1. The van der Waals surface area contributed by atoms with Gasteiger partial charge in [0.1, 0.15) is 0 Å². The highest BCUT2D eigenvalue weighted by molar-refractivity contribution is 6.01. The van der Waals surface area contributed by atoms with Crippen LogP contribution in [-0.2, 0) is 4.79 Å². The molecule has 1 N–H and O–H groups in total. The maximum absolute atomic E-state index is 12.4. The van der Waals surface area contributed by atoms with Gasteiger partial charge in [0.25, 0.3) is 0 Å². The summed E-state index contributed by atoms with van der Waals surface area (Å²) >= 11 is 0. The van der Waals surface area contributed by atoms with E-state index < -0.39 is 0 Å². The molecule has 27 heavy (non-hydrogen) atoms. The van der Waals surface area contributed by atoms with Gasteiger partial charge in [-0.1, -0.05) is 36.4 Å². The molecule has 1 unspecified atom stereocenters. The minimum absolute atomic E-state index is 0.0142. The van der Waals surface area contributed by atoms with Crippen molar-refractivity contribution in [2.24, 2.45) is 0 Å². The summed E-state index contributed by atoms with van der Waals surface area (Å²) in [6, 6.07) is 16.0. The smallest absolute Gasteiger partial charge is 0.225 e. The number of methoxy groups -OCH3 is 3. The van der Waals surface area contributed by atoms with E-state index >= 15 is 0 Å². The molecule has 4 rings (SSSR count). The molecule has 0 aromatic heterocycles. The maximum atomic E-state index is 12.4. The van der Waals surface area contributed by atoms with Gasteiger partial charge >= 0.3 is 0 Å². The zero-order valence-electron chi connectivity index (χ0n) is 15.5. The van der Waals surface area contributed by atoms with Crippen molar-refractivity contribution in [2.75, 3.05) is 26.6 Å². The topological polar surface area (TPSA) is 56.8 Å². The summed E-state index contributed by atoms with van der Waals surface area (Å²) in [6.07, 6.45) is 0.340. The van der Waals surface area contributed by atoms with Gasteiger partial charge in [0.15, 0.2) is 11.5 Å². The maximum Gasteiger partial charge on any atom is 0.225 e. The number of hydrogen-bond acceptors (Lipinski definition) is 4. The lowest BCUT2D eigenvalue weighted by Gasteiger charge is -2.29. The van der Waals surface area contributed by atoms with Crippen LogP contribution in [0.1, 0.15) is 23.5 Å². The first-order valence-corrected chi connectivity index (χ1v) is 8.78. The molecular weight excluding hydrogens is 342 g/mol. The van der Waals surface area contributed by atoms with Gasteiger partial charge in [-0.15, -0.1) is 0 Å². The van der Waals surface area contributed by atoms with E-state index in [0.29, 0.717) is 23.7 Å². The Morgan fingerprint density at radius 1 is 0.889 bits per heavy atom. The third-order valence-electron chi connectivity index (χ3n) is 5.09. The van der Waals surface area contributed by atoms with E-state index in [1.807, 2.05) is 36.4 Å². The zero-order chi connectivity index (χ0) is 19.0. The normalized spacial score (nSPS) is 15.8. The van der Waals surface area contributed by atoms with Gasteiger partial charge in [-0.05, 0) is 28.5 Å². The Balaban J connectivity index is 1.99. The minimum atomic E-state index is -0.144. The average molecular weight is 363 g/mol. The molecule has 0 spiro atoms. The fourth-order valence-electron chi connectivity index (χ4n) is 3.93. The third-order valence-corrected chi connectivity index (χ3v) is 5.09. The molecule has 3 aromatic carbocycles. The van der Waals surface area contributed by atoms with Crippen LogP contribution in [0.4, 0.5) is 5.69 Å². The van der Waals surface area contributed by atoms with Crippen molar-refractivity contribution in [3.63, 3.8) is 0 Å². The number of carbonyl (C=O) groups excluding carboxylic acids is 1. The lowest BCUT2D eigenvalue weighted by Crippen LogP contribution is -2.24. The number of rotatable bonds is 4. The minimum Gasteiger partial charge on any atom is -0.493 e. The second-order valence-corrected chi connectivity index (χ2v) is 6.48. The first-order valence-electron chi connectivity index (χ1n) is 8.78. The summed E-state index contributed by atoms with van der Waals surface area (Å²) in [4.78, 5) is 12.4. The molecule has 0 saturated heterocycles. The molecule has 0 fully saturated rings. The lowest BCUT2D eigenvalue weighted by atomic mass is 9.81. The number of nitrogens with one attached hydrogen (secondary N) is 1. The quantitative estimate of drug-likeness (QED) is 0.749. The molecule has 1 aliphatic rings. The van der Waals surface area contributed by atoms with Crippen LogP contribution in [0.2, 0.25) is 0 Å². The van der Waals surface area contributed by atoms with Crippen LogP contribution < -0.4 is 19.5 Å². The molecule has 1 amide bonds. The number of ether oxygens (including phenoxy) is 3. The largest absolute Gasteiger partial charge is 0.493 e. The van der Waals surface area contributed by atoms with Crippen molar-refractivity contribution in [2.45, 2.75) is 12.3 Å². The Bertz CT molecular complexity index is 1030. The Hall–Kier alpha value is -3.21. The van der Waals surface area contributed by atoms with E-state index in [2.05, 4.69) is 17.4 Å². The van der Waals surface area contributed by atoms with Crippen LogP contribution >= 0.6 is 0 Å². The van der Waals surface area contributed by atoms with Gasteiger partial charge in [0.2, 0.25) is 11.7 Å². The molecule has 0 radical (unpaired) electrons. The third kappa shape index (κ3) is 2.76. The molecule has 0 saturated carbocycles. The predicted molar refractivity (Wildman–Crippen MR) is 105 cm³/mol. The summed E-state index contributed by atoms with van der Waals surface area (Å²) in [5.74, 6) is 1.56. The Labute approximate surface area is 157 Å². The van der Waals surface area contributed by atoms with Crippen molar-refractivity contribution < 1.29 is 19.0 Å². The van der Waals surface area contributed by atoms with Gasteiger partial charge in [0, 0.05) is 23.6 Å². The second kappa shape index (κ2) is 6.83.